The fourth-order valence-corrected chi connectivity index (χ4v) is 3.57. The first-order valence-electron chi connectivity index (χ1n) is 6.97. The Balaban J connectivity index is 2.00. The topological polar surface area (TPSA) is 67.8 Å². The van der Waals surface area contributed by atoms with E-state index in [1.54, 1.807) is 13.0 Å². The second-order valence-electron chi connectivity index (χ2n) is 4.92. The fraction of sp³-hybridized carbons (Fsp3) is 0.188. The number of hydrogen-bond acceptors (Lipinski definition) is 5. The Morgan fingerprint density at radius 3 is 2.91 bits per heavy atom. The van der Waals surface area contributed by atoms with E-state index in [-0.39, 0.29) is 11.9 Å². The molecule has 0 saturated carbocycles. The summed E-state index contributed by atoms with van der Waals surface area (Å²) in [4.78, 5) is 29.0. The number of amides is 1. The molecule has 23 heavy (non-hydrogen) atoms. The number of rotatable bonds is 3. The standard InChI is InChI=1S/C16H13BrN2O3S/c1-3-22-16(21)14-8(2)6-12(23-14)19-13-10-7-9(17)4-5-11(10)18-15(13)20/h4-7H,3H2,1-2H3,(H,18,19,20). The number of ether oxygens (including phenoxy) is 1. The average Bonchev–Trinajstić information content (AvgIpc) is 3.01. The van der Waals surface area contributed by atoms with Crippen molar-refractivity contribution in [2.24, 2.45) is 4.99 Å². The number of halogens is 1. The molecule has 0 unspecified atom stereocenters. The number of benzene rings is 1. The van der Waals surface area contributed by atoms with Gasteiger partial charge in [0.05, 0.1) is 12.3 Å². The molecular formula is C16H13BrN2O3S. The summed E-state index contributed by atoms with van der Waals surface area (Å²) in [5.41, 5.74) is 2.61. The Morgan fingerprint density at radius 2 is 2.17 bits per heavy atom. The molecule has 1 aromatic heterocycles. The molecule has 1 aromatic carbocycles. The van der Waals surface area contributed by atoms with Crippen molar-refractivity contribution in [1.29, 1.82) is 0 Å². The summed E-state index contributed by atoms with van der Waals surface area (Å²) in [6.45, 7) is 3.91. The smallest absolute Gasteiger partial charge is 0.348 e. The Hall–Kier alpha value is -1.99. The lowest BCUT2D eigenvalue weighted by Crippen LogP contribution is -2.13. The Morgan fingerprint density at radius 1 is 1.39 bits per heavy atom. The van der Waals surface area contributed by atoms with Crippen molar-refractivity contribution in [2.45, 2.75) is 13.8 Å². The molecule has 118 valence electrons. The van der Waals surface area contributed by atoms with E-state index in [9.17, 15) is 9.59 Å². The first-order chi connectivity index (χ1) is 11.0. The molecule has 0 fully saturated rings. The zero-order valence-electron chi connectivity index (χ0n) is 12.5. The predicted molar refractivity (Wildman–Crippen MR) is 94.0 cm³/mol. The van der Waals surface area contributed by atoms with Gasteiger partial charge in [-0.05, 0) is 43.7 Å². The van der Waals surface area contributed by atoms with E-state index in [0.717, 1.165) is 21.3 Å². The van der Waals surface area contributed by atoms with Crippen LogP contribution in [0.1, 0.15) is 27.7 Å². The number of esters is 1. The van der Waals surface area contributed by atoms with Crippen molar-refractivity contribution in [3.05, 3.63) is 44.7 Å². The molecule has 2 aromatic rings. The van der Waals surface area contributed by atoms with Gasteiger partial charge in [0.2, 0.25) is 0 Å². The van der Waals surface area contributed by atoms with Crippen LogP contribution in [-0.2, 0) is 9.53 Å². The Bertz CT molecular complexity index is 842. The van der Waals surface area contributed by atoms with E-state index < -0.39 is 0 Å². The first kappa shape index (κ1) is 15.9. The molecule has 0 spiro atoms. The lowest BCUT2D eigenvalue weighted by Gasteiger charge is -1.98. The van der Waals surface area contributed by atoms with E-state index in [2.05, 4.69) is 26.2 Å². The molecule has 1 aliphatic heterocycles. The van der Waals surface area contributed by atoms with Crippen molar-refractivity contribution in [1.82, 2.24) is 0 Å². The van der Waals surface area contributed by atoms with Gasteiger partial charge in [0.1, 0.15) is 15.6 Å². The molecule has 3 rings (SSSR count). The molecule has 1 N–H and O–H groups in total. The van der Waals surface area contributed by atoms with E-state index in [1.165, 1.54) is 11.3 Å². The van der Waals surface area contributed by atoms with Crippen molar-refractivity contribution in [2.75, 3.05) is 11.9 Å². The molecule has 0 radical (unpaired) electrons. The van der Waals surface area contributed by atoms with Gasteiger partial charge >= 0.3 is 5.97 Å². The van der Waals surface area contributed by atoms with Crippen LogP contribution in [0.4, 0.5) is 10.7 Å². The van der Waals surface area contributed by atoms with Gasteiger partial charge in [-0.2, -0.15) is 0 Å². The summed E-state index contributed by atoms with van der Waals surface area (Å²) in [6, 6.07) is 7.31. The van der Waals surface area contributed by atoms with Crippen LogP contribution < -0.4 is 5.32 Å². The number of aryl methyl sites for hydroxylation is 1. The summed E-state index contributed by atoms with van der Waals surface area (Å²) < 4.78 is 5.89. The molecule has 7 heteroatoms. The van der Waals surface area contributed by atoms with Crippen molar-refractivity contribution in [3.8, 4) is 0 Å². The fourth-order valence-electron chi connectivity index (χ4n) is 2.27. The van der Waals surface area contributed by atoms with Gasteiger partial charge in [-0.15, -0.1) is 11.3 Å². The van der Waals surface area contributed by atoms with Crippen LogP contribution in [-0.4, -0.2) is 24.2 Å². The number of nitrogens with zero attached hydrogens (tertiary/aromatic N) is 1. The van der Waals surface area contributed by atoms with Crippen LogP contribution in [0.2, 0.25) is 0 Å². The summed E-state index contributed by atoms with van der Waals surface area (Å²) in [5.74, 6) is -0.609. The third kappa shape index (κ3) is 3.07. The van der Waals surface area contributed by atoms with E-state index in [0.29, 0.717) is 22.2 Å². The van der Waals surface area contributed by atoms with E-state index >= 15 is 0 Å². The number of aliphatic imine (C=N–C) groups is 1. The van der Waals surface area contributed by atoms with Crippen molar-refractivity contribution >= 4 is 55.5 Å². The zero-order chi connectivity index (χ0) is 16.6. The number of carbonyl (C=O) groups is 2. The normalized spacial score (nSPS) is 14.7. The lowest BCUT2D eigenvalue weighted by molar-refractivity contribution is -0.110. The van der Waals surface area contributed by atoms with Crippen LogP contribution >= 0.6 is 27.3 Å². The highest BCUT2D eigenvalue weighted by Gasteiger charge is 2.26. The SMILES string of the molecule is CCOC(=O)c1sc(N=C2C(=O)Nc3ccc(Br)cc32)cc1C. The largest absolute Gasteiger partial charge is 0.462 e. The maximum absolute atomic E-state index is 12.1. The summed E-state index contributed by atoms with van der Waals surface area (Å²) in [5, 5.41) is 3.38. The number of nitrogens with one attached hydrogen (secondary N) is 1. The second kappa shape index (κ2) is 6.25. The maximum atomic E-state index is 12.1. The molecule has 2 heterocycles. The molecule has 0 bridgehead atoms. The minimum Gasteiger partial charge on any atom is -0.462 e. The van der Waals surface area contributed by atoms with Gasteiger partial charge in [0, 0.05) is 10.0 Å². The number of hydrogen-bond donors (Lipinski definition) is 1. The molecular weight excluding hydrogens is 380 g/mol. The van der Waals surface area contributed by atoms with Crippen LogP contribution in [0.5, 0.6) is 0 Å². The molecule has 5 nitrogen and oxygen atoms in total. The maximum Gasteiger partial charge on any atom is 0.348 e. The predicted octanol–water partition coefficient (Wildman–Crippen LogP) is 4.07. The highest BCUT2D eigenvalue weighted by atomic mass is 79.9. The third-order valence-electron chi connectivity index (χ3n) is 3.29. The summed E-state index contributed by atoms with van der Waals surface area (Å²) >= 11 is 4.62. The van der Waals surface area contributed by atoms with Gasteiger partial charge in [-0.3, -0.25) is 4.79 Å². The quantitative estimate of drug-likeness (QED) is 0.800. The summed E-state index contributed by atoms with van der Waals surface area (Å²) in [6.07, 6.45) is 0. The van der Waals surface area contributed by atoms with Crippen molar-refractivity contribution < 1.29 is 14.3 Å². The van der Waals surface area contributed by atoms with Gasteiger partial charge in [0.15, 0.2) is 0 Å². The van der Waals surface area contributed by atoms with E-state index in [4.69, 9.17) is 4.74 Å². The van der Waals surface area contributed by atoms with Gasteiger partial charge in [0.25, 0.3) is 5.91 Å². The molecule has 0 aliphatic carbocycles. The second-order valence-corrected chi connectivity index (χ2v) is 6.87. The van der Waals surface area contributed by atoms with Crippen LogP contribution in [0.15, 0.2) is 33.7 Å². The lowest BCUT2D eigenvalue weighted by atomic mass is 10.1. The molecule has 0 saturated heterocycles. The Labute approximate surface area is 145 Å². The van der Waals surface area contributed by atoms with Gasteiger partial charge < -0.3 is 10.1 Å². The molecule has 0 atom stereocenters. The highest BCUT2D eigenvalue weighted by Crippen LogP contribution is 2.33. The zero-order valence-corrected chi connectivity index (χ0v) is 14.9. The monoisotopic (exact) mass is 392 g/mol. The average molecular weight is 393 g/mol. The van der Waals surface area contributed by atoms with Crippen LogP contribution in [0.3, 0.4) is 0 Å². The minimum absolute atomic E-state index is 0.248. The summed E-state index contributed by atoms with van der Waals surface area (Å²) in [7, 11) is 0. The number of anilines is 1. The minimum atomic E-state index is -0.361. The van der Waals surface area contributed by atoms with Gasteiger partial charge in [-0.25, -0.2) is 9.79 Å². The number of carbonyl (C=O) groups excluding carboxylic acids is 2. The van der Waals surface area contributed by atoms with Crippen LogP contribution in [0, 0.1) is 6.92 Å². The molecule has 1 amide bonds. The van der Waals surface area contributed by atoms with Crippen LogP contribution in [0.25, 0.3) is 0 Å². The highest BCUT2D eigenvalue weighted by molar-refractivity contribution is 9.10. The Kier molecular flexibility index (Phi) is 4.32. The van der Waals surface area contributed by atoms with Crippen molar-refractivity contribution in [3.63, 3.8) is 0 Å². The van der Waals surface area contributed by atoms with Gasteiger partial charge in [-0.1, -0.05) is 15.9 Å². The first-order valence-corrected chi connectivity index (χ1v) is 8.58. The number of thiophene rings is 1. The number of fused-ring (bicyclic) bond motifs is 1. The third-order valence-corrected chi connectivity index (χ3v) is 4.89. The van der Waals surface area contributed by atoms with E-state index in [1.807, 2.05) is 25.1 Å². The molecule has 1 aliphatic rings.